The second kappa shape index (κ2) is 16.4. The molecule has 0 unspecified atom stereocenters. The van der Waals surface area contributed by atoms with E-state index in [1.807, 2.05) is 24.3 Å². The molecule has 0 radical (unpaired) electrons. The van der Waals surface area contributed by atoms with Crippen molar-refractivity contribution in [2.24, 2.45) is 32.9 Å². The molecule has 0 fully saturated rings. The van der Waals surface area contributed by atoms with Crippen LogP contribution in [0.2, 0.25) is 10.0 Å². The topological polar surface area (TPSA) is 183 Å². The lowest BCUT2D eigenvalue weighted by molar-refractivity contribution is 0.571. The number of nitrogens with zero attached hydrogens (tertiary/aromatic N) is 4. The third-order valence-corrected chi connectivity index (χ3v) is 6.28. The highest BCUT2D eigenvalue weighted by Gasteiger charge is 2.13. The molecule has 0 bridgehead atoms. The first-order chi connectivity index (χ1) is 18.2. The number of benzene rings is 2. The Morgan fingerprint density at radius 2 is 0.842 bits per heavy atom. The van der Waals surface area contributed by atoms with Gasteiger partial charge in [-0.1, -0.05) is 61.7 Å². The zero-order valence-electron chi connectivity index (χ0n) is 21.5. The van der Waals surface area contributed by atoms with Gasteiger partial charge in [-0.3, -0.25) is 10.8 Å². The smallest absolute Gasteiger partial charge is 0.225 e. The Balaban J connectivity index is 1.71. The number of halogens is 2. The van der Waals surface area contributed by atoms with E-state index in [1.54, 1.807) is 34.1 Å². The number of anilines is 2. The number of guanidine groups is 4. The highest BCUT2D eigenvalue weighted by Crippen LogP contribution is 2.21. The van der Waals surface area contributed by atoms with Crippen LogP contribution in [0, 0.1) is 10.8 Å². The zero-order chi connectivity index (χ0) is 27.9. The van der Waals surface area contributed by atoms with Gasteiger partial charge in [-0.15, -0.1) is 0 Å². The van der Waals surface area contributed by atoms with E-state index in [9.17, 15) is 0 Å². The van der Waals surface area contributed by atoms with Crippen LogP contribution in [-0.2, 0) is 0 Å². The van der Waals surface area contributed by atoms with Crippen molar-refractivity contribution in [1.29, 1.82) is 10.8 Å². The van der Waals surface area contributed by atoms with Gasteiger partial charge in [-0.05, 0) is 61.4 Å². The first-order valence-electron chi connectivity index (χ1n) is 12.6. The SMILES string of the molecule is N=C(N=C(N)N)N(CCCCCCCCCCN(C(=N)N=C(N)N)c1ccc(Cl)cc1)c1ccc(Cl)cc1. The molecule has 0 heterocycles. The molecule has 0 aromatic heterocycles. The van der Waals surface area contributed by atoms with Crippen LogP contribution in [0.15, 0.2) is 58.5 Å². The molecule has 0 aliphatic carbocycles. The minimum atomic E-state index is -0.140. The van der Waals surface area contributed by atoms with Gasteiger partial charge in [0, 0.05) is 34.5 Å². The summed E-state index contributed by atoms with van der Waals surface area (Å²) in [7, 11) is 0. The summed E-state index contributed by atoms with van der Waals surface area (Å²) >= 11 is 12.0. The Bertz CT molecular complexity index is 989. The third kappa shape index (κ3) is 11.3. The largest absolute Gasteiger partial charge is 0.370 e. The molecular formula is C26H38Cl2N10. The average molecular weight is 562 g/mol. The lowest BCUT2D eigenvalue weighted by Crippen LogP contribution is -2.34. The Hall–Kier alpha value is -3.50. The summed E-state index contributed by atoms with van der Waals surface area (Å²) < 4.78 is 0. The predicted octanol–water partition coefficient (Wildman–Crippen LogP) is 4.84. The van der Waals surface area contributed by atoms with Crippen LogP contribution < -0.4 is 32.7 Å². The fourth-order valence-electron chi connectivity index (χ4n) is 3.92. The second-order valence-corrected chi connectivity index (χ2v) is 9.68. The molecule has 0 amide bonds. The molecule has 0 saturated heterocycles. The Morgan fingerprint density at radius 1 is 0.553 bits per heavy atom. The van der Waals surface area contributed by atoms with Crippen molar-refractivity contribution in [3.8, 4) is 0 Å². The zero-order valence-corrected chi connectivity index (χ0v) is 23.1. The molecule has 10 nitrogen and oxygen atoms in total. The van der Waals surface area contributed by atoms with Crippen molar-refractivity contribution >= 4 is 58.4 Å². The van der Waals surface area contributed by atoms with Gasteiger partial charge in [0.1, 0.15) is 0 Å². The highest BCUT2D eigenvalue weighted by atomic mass is 35.5. The minimum Gasteiger partial charge on any atom is -0.370 e. The van der Waals surface area contributed by atoms with E-state index in [-0.39, 0.29) is 23.8 Å². The molecule has 0 atom stereocenters. The summed E-state index contributed by atoms with van der Waals surface area (Å²) in [5.74, 6) is -0.266. The standard InChI is InChI=1S/C26H38Cl2N10/c27-19-9-13-21(14-10-19)37(25(33)35-23(29)30)17-7-5-3-1-2-4-6-8-18-38(26(34)36-24(31)32)22-15-11-20(28)12-16-22/h9-16H,1-8,17-18H2,(H5,29,30,33,35)(H5,31,32,34,36). The van der Waals surface area contributed by atoms with E-state index in [4.69, 9.17) is 57.0 Å². The van der Waals surface area contributed by atoms with E-state index < -0.39 is 0 Å². The number of unbranched alkanes of at least 4 members (excludes halogenated alkanes) is 7. The quantitative estimate of drug-likeness (QED) is 0.115. The third-order valence-electron chi connectivity index (χ3n) is 5.77. The number of aliphatic imine (C=N–C) groups is 2. The Kier molecular flexibility index (Phi) is 13.2. The van der Waals surface area contributed by atoms with Gasteiger partial charge >= 0.3 is 0 Å². The van der Waals surface area contributed by atoms with Crippen molar-refractivity contribution < 1.29 is 0 Å². The fraction of sp³-hybridized carbons (Fsp3) is 0.385. The molecule has 10 N–H and O–H groups in total. The van der Waals surface area contributed by atoms with Crippen LogP contribution in [0.3, 0.4) is 0 Å². The maximum absolute atomic E-state index is 8.24. The Labute approximate surface area is 234 Å². The van der Waals surface area contributed by atoms with Gasteiger partial charge in [0.2, 0.25) is 11.9 Å². The molecule has 0 saturated carbocycles. The van der Waals surface area contributed by atoms with Gasteiger partial charge in [0.15, 0.2) is 11.9 Å². The fourth-order valence-corrected chi connectivity index (χ4v) is 4.17. The molecule has 12 heteroatoms. The average Bonchev–Trinajstić information content (AvgIpc) is 2.85. The predicted molar refractivity (Wildman–Crippen MR) is 162 cm³/mol. The number of rotatable bonds is 13. The van der Waals surface area contributed by atoms with E-state index in [1.165, 1.54) is 0 Å². The number of nitrogens with one attached hydrogen (secondary N) is 2. The Morgan fingerprint density at radius 3 is 1.13 bits per heavy atom. The number of hydrogen-bond donors (Lipinski definition) is 6. The van der Waals surface area contributed by atoms with Gasteiger partial charge in [0.25, 0.3) is 0 Å². The van der Waals surface area contributed by atoms with Gasteiger partial charge in [-0.25, -0.2) is 0 Å². The monoisotopic (exact) mass is 560 g/mol. The van der Waals surface area contributed by atoms with Crippen molar-refractivity contribution in [2.75, 3.05) is 22.9 Å². The maximum Gasteiger partial charge on any atom is 0.225 e. The van der Waals surface area contributed by atoms with Crippen molar-refractivity contribution in [2.45, 2.75) is 51.4 Å². The summed E-state index contributed by atoms with van der Waals surface area (Å²) in [5, 5.41) is 17.7. The molecular weight excluding hydrogens is 523 g/mol. The lowest BCUT2D eigenvalue weighted by Gasteiger charge is -2.23. The normalized spacial score (nSPS) is 10.5. The van der Waals surface area contributed by atoms with Crippen molar-refractivity contribution in [1.82, 2.24) is 0 Å². The van der Waals surface area contributed by atoms with E-state index >= 15 is 0 Å². The molecule has 2 rings (SSSR count). The van der Waals surface area contributed by atoms with Gasteiger partial charge < -0.3 is 32.7 Å². The van der Waals surface area contributed by atoms with Crippen LogP contribution in [0.4, 0.5) is 11.4 Å². The number of hydrogen-bond acceptors (Lipinski definition) is 2. The van der Waals surface area contributed by atoms with E-state index in [0.717, 1.165) is 62.7 Å². The van der Waals surface area contributed by atoms with Gasteiger partial charge in [0.05, 0.1) is 0 Å². The van der Waals surface area contributed by atoms with Crippen LogP contribution in [0.5, 0.6) is 0 Å². The van der Waals surface area contributed by atoms with Crippen molar-refractivity contribution in [3.63, 3.8) is 0 Å². The maximum atomic E-state index is 8.24. The molecule has 38 heavy (non-hydrogen) atoms. The summed E-state index contributed by atoms with van der Waals surface area (Å²) in [5.41, 5.74) is 23.5. The lowest BCUT2D eigenvalue weighted by atomic mass is 10.1. The number of nitrogens with two attached hydrogens (primary N) is 4. The molecule has 0 aliphatic heterocycles. The summed E-state index contributed by atoms with van der Waals surface area (Å²) in [4.78, 5) is 11.4. The van der Waals surface area contributed by atoms with Crippen LogP contribution in [0.1, 0.15) is 51.4 Å². The van der Waals surface area contributed by atoms with Crippen LogP contribution >= 0.6 is 23.2 Å². The van der Waals surface area contributed by atoms with E-state index in [0.29, 0.717) is 23.1 Å². The molecule has 206 valence electrons. The minimum absolute atomic E-state index is 0.00730. The van der Waals surface area contributed by atoms with E-state index in [2.05, 4.69) is 9.98 Å². The van der Waals surface area contributed by atoms with Crippen molar-refractivity contribution in [3.05, 3.63) is 58.6 Å². The summed E-state index contributed by atoms with van der Waals surface area (Å²) in [6.07, 6.45) is 8.39. The molecule has 0 aliphatic rings. The van der Waals surface area contributed by atoms with Crippen LogP contribution in [0.25, 0.3) is 0 Å². The molecule has 2 aromatic rings. The van der Waals surface area contributed by atoms with Crippen LogP contribution in [-0.4, -0.2) is 36.9 Å². The second-order valence-electron chi connectivity index (χ2n) is 8.81. The first-order valence-corrected chi connectivity index (χ1v) is 13.4. The highest BCUT2D eigenvalue weighted by molar-refractivity contribution is 6.31. The first kappa shape index (κ1) is 30.7. The summed E-state index contributed by atoms with van der Waals surface area (Å²) in [6.45, 7) is 1.28. The summed E-state index contributed by atoms with van der Waals surface area (Å²) in [6, 6.07) is 14.5. The molecule has 2 aromatic carbocycles. The van der Waals surface area contributed by atoms with Gasteiger partial charge in [-0.2, -0.15) is 9.98 Å². The molecule has 0 spiro atoms.